The number of aromatic nitrogens is 3. The summed E-state index contributed by atoms with van der Waals surface area (Å²) in [7, 11) is -3.11. The molecule has 0 radical (unpaired) electrons. The van der Waals surface area contributed by atoms with Crippen LogP contribution < -0.4 is 4.90 Å². The summed E-state index contributed by atoms with van der Waals surface area (Å²) in [5.74, 6) is -0.824. The zero-order chi connectivity index (χ0) is 20.5. The quantitative estimate of drug-likeness (QED) is 0.579. The number of pyridine rings is 1. The van der Waals surface area contributed by atoms with Gasteiger partial charge in [0.15, 0.2) is 15.5 Å². The number of imide groups is 1. The molecule has 2 aliphatic rings. The fourth-order valence-electron chi connectivity index (χ4n) is 4.03. The second kappa shape index (κ2) is 6.11. The lowest BCUT2D eigenvalue weighted by Gasteiger charge is -2.13. The number of carbonyl (C=O) groups excluding carboxylic acids is 2. The summed E-state index contributed by atoms with van der Waals surface area (Å²) in [6.45, 7) is 1.73. The van der Waals surface area contributed by atoms with Crippen molar-refractivity contribution >= 4 is 50.0 Å². The first-order valence-corrected chi connectivity index (χ1v) is 11.2. The van der Waals surface area contributed by atoms with Crippen LogP contribution in [0.1, 0.15) is 38.9 Å². The molecule has 0 bridgehead atoms. The van der Waals surface area contributed by atoms with Crippen LogP contribution in [-0.4, -0.2) is 46.5 Å². The highest BCUT2D eigenvalue weighted by atomic mass is 35.5. The lowest BCUT2D eigenvalue weighted by atomic mass is 10.1. The number of aryl methyl sites for hydroxylation is 1. The Kier molecular flexibility index (Phi) is 3.85. The van der Waals surface area contributed by atoms with Crippen molar-refractivity contribution in [1.29, 1.82) is 0 Å². The average molecular weight is 431 g/mol. The number of sulfone groups is 1. The molecule has 4 heterocycles. The van der Waals surface area contributed by atoms with Gasteiger partial charge in [-0.15, -0.1) is 0 Å². The number of anilines is 1. The molecular formula is C19H15ClN4O4S. The van der Waals surface area contributed by atoms with Crippen molar-refractivity contribution in [3.8, 4) is 0 Å². The predicted octanol–water partition coefficient (Wildman–Crippen LogP) is 2.55. The van der Waals surface area contributed by atoms with Gasteiger partial charge in [0.1, 0.15) is 0 Å². The van der Waals surface area contributed by atoms with Gasteiger partial charge in [0.25, 0.3) is 11.8 Å². The summed E-state index contributed by atoms with van der Waals surface area (Å²) in [4.78, 5) is 31.6. The lowest BCUT2D eigenvalue weighted by molar-refractivity contribution is 0.0926. The van der Waals surface area contributed by atoms with Gasteiger partial charge in [-0.05, 0) is 37.6 Å². The lowest BCUT2D eigenvalue weighted by Crippen LogP contribution is -2.29. The molecule has 148 valence electrons. The minimum absolute atomic E-state index is 0.00817. The van der Waals surface area contributed by atoms with Gasteiger partial charge < -0.3 is 0 Å². The maximum Gasteiger partial charge on any atom is 0.267 e. The van der Waals surface area contributed by atoms with Gasteiger partial charge in [-0.1, -0.05) is 11.6 Å². The van der Waals surface area contributed by atoms with Crippen LogP contribution >= 0.6 is 11.6 Å². The molecule has 29 heavy (non-hydrogen) atoms. The first-order valence-electron chi connectivity index (χ1n) is 8.99. The molecule has 5 rings (SSSR count). The zero-order valence-corrected chi connectivity index (χ0v) is 16.9. The van der Waals surface area contributed by atoms with Gasteiger partial charge in [0.2, 0.25) is 0 Å². The van der Waals surface area contributed by atoms with Crippen molar-refractivity contribution in [2.45, 2.75) is 19.4 Å². The van der Waals surface area contributed by atoms with E-state index in [9.17, 15) is 18.0 Å². The van der Waals surface area contributed by atoms with E-state index in [4.69, 9.17) is 11.6 Å². The Labute approximate surface area is 171 Å². The molecule has 0 N–H and O–H groups in total. The van der Waals surface area contributed by atoms with Crippen LogP contribution in [0.2, 0.25) is 5.02 Å². The van der Waals surface area contributed by atoms with E-state index in [0.717, 1.165) is 4.90 Å². The topological polar surface area (TPSA) is 102 Å². The molecule has 10 heteroatoms. The van der Waals surface area contributed by atoms with E-state index in [2.05, 4.69) is 10.1 Å². The summed E-state index contributed by atoms with van der Waals surface area (Å²) in [5.41, 5.74) is 1.83. The smallest absolute Gasteiger partial charge is 0.267 e. The SMILES string of the molecule is Cc1nn(C2CCS(=O)(=O)C2)c2ncc3c(c12)C(=O)N(c1ccc(Cl)cc1)C3=O. The highest BCUT2D eigenvalue weighted by Crippen LogP contribution is 2.36. The Morgan fingerprint density at radius 1 is 1.14 bits per heavy atom. The van der Waals surface area contributed by atoms with Gasteiger partial charge in [-0.2, -0.15) is 5.10 Å². The molecule has 3 aromatic rings. The van der Waals surface area contributed by atoms with E-state index >= 15 is 0 Å². The van der Waals surface area contributed by atoms with E-state index < -0.39 is 21.7 Å². The van der Waals surface area contributed by atoms with Crippen LogP contribution in [0.3, 0.4) is 0 Å². The minimum atomic E-state index is -3.11. The van der Waals surface area contributed by atoms with E-state index in [1.54, 1.807) is 35.9 Å². The molecule has 2 aromatic heterocycles. The third-order valence-corrected chi connectivity index (χ3v) is 7.39. The van der Waals surface area contributed by atoms with E-state index in [1.807, 2.05) is 0 Å². The van der Waals surface area contributed by atoms with E-state index in [0.29, 0.717) is 33.9 Å². The normalized spacial score (nSPS) is 20.6. The Balaban J connectivity index is 1.66. The summed E-state index contributed by atoms with van der Waals surface area (Å²) >= 11 is 5.91. The summed E-state index contributed by atoms with van der Waals surface area (Å²) in [6, 6.07) is 6.10. The summed E-state index contributed by atoms with van der Waals surface area (Å²) < 4.78 is 25.4. The fourth-order valence-corrected chi connectivity index (χ4v) is 5.85. The maximum absolute atomic E-state index is 13.2. The Morgan fingerprint density at radius 2 is 1.86 bits per heavy atom. The molecular weight excluding hydrogens is 416 g/mol. The van der Waals surface area contributed by atoms with Crippen LogP contribution in [0.5, 0.6) is 0 Å². The van der Waals surface area contributed by atoms with Crippen molar-refractivity contribution in [2.24, 2.45) is 0 Å². The van der Waals surface area contributed by atoms with Crippen molar-refractivity contribution in [3.05, 3.63) is 52.3 Å². The average Bonchev–Trinajstić information content (AvgIpc) is 3.29. The van der Waals surface area contributed by atoms with Crippen molar-refractivity contribution < 1.29 is 18.0 Å². The Bertz CT molecular complexity index is 1310. The number of hydrogen-bond donors (Lipinski definition) is 0. The fraction of sp³-hybridized carbons (Fsp3) is 0.263. The van der Waals surface area contributed by atoms with Gasteiger partial charge >= 0.3 is 0 Å². The first kappa shape index (κ1) is 18.3. The Morgan fingerprint density at radius 3 is 2.52 bits per heavy atom. The van der Waals surface area contributed by atoms with Gasteiger partial charge in [-0.3, -0.25) is 9.59 Å². The third-order valence-electron chi connectivity index (χ3n) is 5.38. The number of fused-ring (bicyclic) bond motifs is 3. The Hall–Kier alpha value is -2.78. The van der Waals surface area contributed by atoms with Crippen LogP contribution in [0, 0.1) is 6.92 Å². The molecule has 8 nitrogen and oxygen atoms in total. The van der Waals surface area contributed by atoms with Crippen LogP contribution in [0.15, 0.2) is 30.5 Å². The number of rotatable bonds is 2. The van der Waals surface area contributed by atoms with E-state index in [1.165, 1.54) is 6.20 Å². The molecule has 0 aliphatic carbocycles. The van der Waals surface area contributed by atoms with Gasteiger partial charge in [-0.25, -0.2) is 23.0 Å². The number of halogens is 1. The van der Waals surface area contributed by atoms with Crippen LogP contribution in [0.4, 0.5) is 5.69 Å². The molecule has 0 saturated carbocycles. The molecule has 1 aromatic carbocycles. The molecule has 1 saturated heterocycles. The molecule has 0 spiro atoms. The molecule has 2 amide bonds. The monoisotopic (exact) mass is 430 g/mol. The molecule has 1 unspecified atom stereocenters. The molecule has 1 atom stereocenters. The zero-order valence-electron chi connectivity index (χ0n) is 15.3. The van der Waals surface area contributed by atoms with Crippen LogP contribution in [-0.2, 0) is 9.84 Å². The summed E-state index contributed by atoms with van der Waals surface area (Å²) in [5, 5.41) is 5.46. The number of carbonyl (C=O) groups is 2. The van der Waals surface area contributed by atoms with Crippen molar-refractivity contribution in [1.82, 2.24) is 14.8 Å². The number of hydrogen-bond acceptors (Lipinski definition) is 6. The molecule has 2 aliphatic heterocycles. The number of amides is 2. The highest BCUT2D eigenvalue weighted by Gasteiger charge is 2.41. The second-order valence-electron chi connectivity index (χ2n) is 7.25. The van der Waals surface area contributed by atoms with Gasteiger partial charge in [0.05, 0.1) is 45.4 Å². The van der Waals surface area contributed by atoms with Crippen molar-refractivity contribution in [2.75, 3.05) is 16.4 Å². The minimum Gasteiger partial charge on any atom is -0.268 e. The van der Waals surface area contributed by atoms with Gasteiger partial charge in [0, 0.05) is 11.2 Å². The highest BCUT2D eigenvalue weighted by molar-refractivity contribution is 7.91. The number of nitrogens with zero attached hydrogens (tertiary/aromatic N) is 4. The first-order chi connectivity index (χ1) is 13.8. The summed E-state index contributed by atoms with van der Waals surface area (Å²) in [6.07, 6.45) is 1.82. The van der Waals surface area contributed by atoms with E-state index in [-0.39, 0.29) is 28.7 Å². The third kappa shape index (κ3) is 2.68. The predicted molar refractivity (Wildman–Crippen MR) is 107 cm³/mol. The second-order valence-corrected chi connectivity index (χ2v) is 9.92. The number of benzene rings is 1. The van der Waals surface area contributed by atoms with Crippen LogP contribution in [0.25, 0.3) is 11.0 Å². The maximum atomic E-state index is 13.2. The standard InChI is InChI=1S/C19H15ClN4O4S/c1-10-15-16-14(18(25)23(19(16)26)12-4-2-11(20)3-5-12)8-21-17(15)24(22-10)13-6-7-29(27,28)9-13/h2-5,8,13H,6-7,9H2,1H3. The molecule has 1 fully saturated rings. The largest absolute Gasteiger partial charge is 0.268 e. The van der Waals surface area contributed by atoms with Crippen molar-refractivity contribution in [3.63, 3.8) is 0 Å².